The first-order valence-corrected chi connectivity index (χ1v) is 6.93. The van der Waals surface area contributed by atoms with Crippen LogP contribution in [0.25, 0.3) is 0 Å². The van der Waals surface area contributed by atoms with Crippen LogP contribution in [0.5, 0.6) is 0 Å². The number of nitrogens with zero attached hydrogens (tertiary/aromatic N) is 1. The summed E-state index contributed by atoms with van der Waals surface area (Å²) in [6.45, 7) is 7.23. The summed E-state index contributed by atoms with van der Waals surface area (Å²) in [5.41, 5.74) is 0.799. The second-order valence-corrected chi connectivity index (χ2v) is 5.53. The smallest absolute Gasteiger partial charge is 0.226 e. The van der Waals surface area contributed by atoms with Crippen LogP contribution in [0.2, 0.25) is 0 Å². The molecule has 0 saturated heterocycles. The predicted molar refractivity (Wildman–Crippen MR) is 80.9 cm³/mol. The molecule has 1 N–H and O–H groups in total. The molecular weight excluding hydrogens is 268 g/mol. The number of amides is 1. The Morgan fingerprint density at radius 2 is 1.95 bits per heavy atom. The van der Waals surface area contributed by atoms with Gasteiger partial charge < -0.3 is 14.8 Å². The van der Waals surface area contributed by atoms with Crippen molar-refractivity contribution in [1.82, 2.24) is 0 Å². The van der Waals surface area contributed by atoms with Gasteiger partial charge in [-0.2, -0.15) is 5.26 Å². The van der Waals surface area contributed by atoms with Crippen LogP contribution >= 0.6 is 0 Å². The van der Waals surface area contributed by atoms with Gasteiger partial charge in [-0.25, -0.2) is 0 Å². The third-order valence-corrected chi connectivity index (χ3v) is 2.56. The zero-order valence-corrected chi connectivity index (χ0v) is 12.8. The minimum Gasteiger partial charge on any atom is -0.379 e. The van der Waals surface area contributed by atoms with E-state index in [4.69, 9.17) is 14.7 Å². The minimum absolute atomic E-state index is 0.172. The highest BCUT2D eigenvalue weighted by molar-refractivity contribution is 5.92. The molecule has 1 aromatic rings. The van der Waals surface area contributed by atoms with Gasteiger partial charge in [0.2, 0.25) is 5.91 Å². The predicted octanol–water partition coefficient (Wildman–Crippen LogP) is 2.72. The summed E-state index contributed by atoms with van der Waals surface area (Å²) in [4.78, 5) is 11.7. The van der Waals surface area contributed by atoms with Crippen molar-refractivity contribution in [2.75, 3.05) is 25.1 Å². The van der Waals surface area contributed by atoms with Crippen LogP contribution in [-0.4, -0.2) is 31.3 Å². The number of para-hydroxylation sites is 1. The first-order valence-electron chi connectivity index (χ1n) is 6.93. The average molecular weight is 290 g/mol. The molecule has 0 unspecified atom stereocenters. The van der Waals surface area contributed by atoms with Crippen LogP contribution in [-0.2, 0) is 14.3 Å². The number of rotatable bonds is 7. The third-order valence-electron chi connectivity index (χ3n) is 2.56. The first-order chi connectivity index (χ1) is 9.92. The Labute approximate surface area is 125 Å². The Morgan fingerprint density at radius 1 is 1.24 bits per heavy atom. The van der Waals surface area contributed by atoms with Crippen molar-refractivity contribution >= 4 is 11.6 Å². The molecule has 0 bridgehead atoms. The number of hydrogen-bond acceptors (Lipinski definition) is 4. The number of nitriles is 1. The van der Waals surface area contributed by atoms with E-state index in [1.54, 1.807) is 24.3 Å². The second kappa shape index (κ2) is 8.40. The van der Waals surface area contributed by atoms with E-state index < -0.39 is 0 Å². The molecule has 0 aliphatic rings. The van der Waals surface area contributed by atoms with Gasteiger partial charge in [0.05, 0.1) is 43.1 Å². The lowest BCUT2D eigenvalue weighted by atomic mass is 10.2. The fourth-order valence-corrected chi connectivity index (χ4v) is 1.58. The lowest BCUT2D eigenvalue weighted by Gasteiger charge is -2.19. The molecule has 21 heavy (non-hydrogen) atoms. The summed E-state index contributed by atoms with van der Waals surface area (Å²) in [6.07, 6.45) is 0.245. The van der Waals surface area contributed by atoms with Gasteiger partial charge in [0.25, 0.3) is 0 Å². The van der Waals surface area contributed by atoms with Crippen LogP contribution in [0.3, 0.4) is 0 Å². The highest BCUT2D eigenvalue weighted by atomic mass is 16.5. The van der Waals surface area contributed by atoms with Crippen molar-refractivity contribution in [3.8, 4) is 6.07 Å². The normalized spacial score (nSPS) is 11.0. The van der Waals surface area contributed by atoms with Gasteiger partial charge >= 0.3 is 0 Å². The lowest BCUT2D eigenvalue weighted by Crippen LogP contribution is -2.22. The number of hydrogen-bond donors (Lipinski definition) is 1. The Bertz CT molecular complexity index is 501. The maximum Gasteiger partial charge on any atom is 0.226 e. The molecule has 0 aliphatic heterocycles. The first kappa shape index (κ1) is 17.2. The minimum atomic E-state index is -0.179. The van der Waals surface area contributed by atoms with Crippen molar-refractivity contribution in [2.45, 2.75) is 32.8 Å². The molecule has 114 valence electrons. The Morgan fingerprint density at radius 3 is 2.62 bits per heavy atom. The third kappa shape index (κ3) is 7.45. The van der Waals surface area contributed by atoms with Gasteiger partial charge in [-0.3, -0.25) is 4.79 Å². The number of ether oxygens (including phenoxy) is 2. The van der Waals surface area contributed by atoms with Crippen molar-refractivity contribution in [2.24, 2.45) is 0 Å². The molecule has 0 radical (unpaired) electrons. The monoisotopic (exact) mass is 290 g/mol. The molecule has 5 nitrogen and oxygen atoms in total. The molecule has 1 aromatic carbocycles. The fourth-order valence-electron chi connectivity index (χ4n) is 1.58. The highest BCUT2D eigenvalue weighted by Crippen LogP contribution is 2.13. The van der Waals surface area contributed by atoms with E-state index >= 15 is 0 Å². The van der Waals surface area contributed by atoms with Crippen molar-refractivity contribution in [1.29, 1.82) is 5.26 Å². The summed E-state index contributed by atoms with van der Waals surface area (Å²) >= 11 is 0. The number of carbonyl (C=O) groups excluding carboxylic acids is 1. The zero-order chi connectivity index (χ0) is 15.7. The zero-order valence-electron chi connectivity index (χ0n) is 12.8. The van der Waals surface area contributed by atoms with Gasteiger partial charge in [-0.1, -0.05) is 12.1 Å². The number of anilines is 1. The van der Waals surface area contributed by atoms with Crippen LogP contribution in [0.4, 0.5) is 5.69 Å². The fraction of sp³-hybridized carbons (Fsp3) is 0.500. The van der Waals surface area contributed by atoms with Crippen LogP contribution in [0.15, 0.2) is 24.3 Å². The van der Waals surface area contributed by atoms with Crippen molar-refractivity contribution in [3.63, 3.8) is 0 Å². The molecule has 0 aliphatic carbocycles. The molecule has 5 heteroatoms. The second-order valence-electron chi connectivity index (χ2n) is 5.53. The van der Waals surface area contributed by atoms with Gasteiger partial charge in [-0.05, 0) is 32.9 Å². The Kier molecular flexibility index (Phi) is 6.86. The molecule has 0 atom stereocenters. The Hall–Kier alpha value is -1.90. The molecule has 0 spiro atoms. The van der Waals surface area contributed by atoms with Crippen LogP contribution in [0.1, 0.15) is 32.8 Å². The van der Waals surface area contributed by atoms with Gasteiger partial charge in [0.1, 0.15) is 6.07 Å². The molecule has 0 fully saturated rings. The maximum atomic E-state index is 11.7. The largest absolute Gasteiger partial charge is 0.379 e. The van der Waals surface area contributed by atoms with E-state index in [0.717, 1.165) is 0 Å². The summed E-state index contributed by atoms with van der Waals surface area (Å²) in [7, 11) is 0. The SMILES string of the molecule is CC(C)(C)OCCOCCC(=O)Nc1ccccc1C#N. The number of carbonyl (C=O) groups is 1. The summed E-state index contributed by atoms with van der Waals surface area (Å²) in [5.74, 6) is -0.172. The number of nitrogens with one attached hydrogen (secondary N) is 1. The molecule has 1 rings (SSSR count). The van der Waals surface area contributed by atoms with E-state index in [0.29, 0.717) is 31.1 Å². The average Bonchev–Trinajstić information content (AvgIpc) is 2.42. The van der Waals surface area contributed by atoms with Gasteiger partial charge in [-0.15, -0.1) is 0 Å². The van der Waals surface area contributed by atoms with Gasteiger partial charge in [0, 0.05) is 0 Å². The molecule has 1 amide bonds. The molecular formula is C16H22N2O3. The van der Waals surface area contributed by atoms with E-state index in [1.165, 1.54) is 0 Å². The summed E-state index contributed by atoms with van der Waals surface area (Å²) < 4.78 is 10.8. The van der Waals surface area contributed by atoms with E-state index in [1.807, 2.05) is 26.8 Å². The Balaban J connectivity index is 2.22. The quantitative estimate of drug-likeness (QED) is 0.784. The van der Waals surface area contributed by atoms with Gasteiger partial charge in [0.15, 0.2) is 0 Å². The number of benzene rings is 1. The summed E-state index contributed by atoms with van der Waals surface area (Å²) in [6, 6.07) is 8.93. The van der Waals surface area contributed by atoms with Crippen LogP contribution < -0.4 is 5.32 Å². The van der Waals surface area contributed by atoms with E-state index in [-0.39, 0.29) is 17.9 Å². The molecule has 0 aromatic heterocycles. The van der Waals surface area contributed by atoms with Crippen molar-refractivity contribution < 1.29 is 14.3 Å². The lowest BCUT2D eigenvalue weighted by molar-refractivity contribution is -0.117. The van der Waals surface area contributed by atoms with E-state index in [9.17, 15) is 4.79 Å². The highest BCUT2D eigenvalue weighted by Gasteiger charge is 2.09. The molecule has 0 saturated carbocycles. The topological polar surface area (TPSA) is 71.3 Å². The standard InChI is InChI=1S/C16H22N2O3/c1-16(2,3)21-11-10-20-9-8-15(19)18-14-7-5-4-6-13(14)12-17/h4-7H,8-11H2,1-3H3,(H,18,19). The molecule has 0 heterocycles. The van der Waals surface area contributed by atoms with Crippen molar-refractivity contribution in [3.05, 3.63) is 29.8 Å². The van der Waals surface area contributed by atoms with E-state index in [2.05, 4.69) is 5.32 Å². The maximum absolute atomic E-state index is 11.7. The summed E-state index contributed by atoms with van der Waals surface area (Å²) in [5, 5.41) is 11.6. The van der Waals surface area contributed by atoms with Crippen LogP contribution in [0, 0.1) is 11.3 Å².